The van der Waals surface area contributed by atoms with Gasteiger partial charge in [0.05, 0.1) is 7.11 Å². The van der Waals surface area contributed by atoms with Gasteiger partial charge >= 0.3 is 5.97 Å². The van der Waals surface area contributed by atoms with Gasteiger partial charge in [0.15, 0.2) is 0 Å². The lowest BCUT2D eigenvalue weighted by atomic mass is 10.1. The smallest absolute Gasteiger partial charge is 0.355 e. The number of nitrogens with one attached hydrogen (secondary N) is 2. The van der Waals surface area contributed by atoms with Crippen LogP contribution in [-0.4, -0.2) is 13.1 Å². The van der Waals surface area contributed by atoms with Crippen molar-refractivity contribution in [2.45, 2.75) is 12.8 Å². The molecule has 0 fully saturated rings. The first kappa shape index (κ1) is 15.9. The number of benzene rings is 2. The van der Waals surface area contributed by atoms with Crippen molar-refractivity contribution in [3.63, 3.8) is 0 Å². The molecule has 2 N–H and O–H groups in total. The number of hydrogen-bond donors (Lipinski definition) is 2. The molecule has 1 atom stereocenters. The molecule has 0 aliphatic carbocycles. The maximum absolute atomic E-state index is 14.3. The second-order valence-corrected chi connectivity index (χ2v) is 5.25. The van der Waals surface area contributed by atoms with E-state index in [-0.39, 0.29) is 5.70 Å². The lowest BCUT2D eigenvalue weighted by Gasteiger charge is -2.15. The second-order valence-electron chi connectivity index (χ2n) is 5.25. The number of hydrogen-bond acceptors (Lipinski definition) is 5. The van der Waals surface area contributed by atoms with Crippen LogP contribution in [0.1, 0.15) is 17.3 Å². The minimum absolute atomic E-state index is 0.256. The highest BCUT2D eigenvalue weighted by atomic mass is 19.1. The molecular weight excluding hydrogens is 311 g/mol. The number of halogens is 1. The van der Waals surface area contributed by atoms with Crippen LogP contribution < -0.4 is 15.4 Å². The zero-order valence-corrected chi connectivity index (χ0v) is 13.1. The van der Waals surface area contributed by atoms with Crippen LogP contribution >= 0.6 is 0 Å². The molecule has 2 aromatic carbocycles. The van der Waals surface area contributed by atoms with E-state index in [0.717, 1.165) is 5.56 Å². The minimum Gasteiger partial charge on any atom is -0.489 e. The van der Waals surface area contributed by atoms with E-state index in [2.05, 4.69) is 15.4 Å². The van der Waals surface area contributed by atoms with Crippen LogP contribution in [0.25, 0.3) is 0 Å². The summed E-state index contributed by atoms with van der Waals surface area (Å²) in [5.74, 6) is -0.488. The molecule has 6 heteroatoms. The largest absolute Gasteiger partial charge is 0.489 e. The summed E-state index contributed by atoms with van der Waals surface area (Å²) in [4.78, 5) is 11.4. The Labute approximate surface area is 139 Å². The fraction of sp³-hybridized carbons (Fsp3) is 0.167. The van der Waals surface area contributed by atoms with Crippen LogP contribution in [0.3, 0.4) is 0 Å². The summed E-state index contributed by atoms with van der Waals surface area (Å²) in [6.45, 7) is 0.369. The molecule has 5 nitrogen and oxygen atoms in total. The van der Waals surface area contributed by atoms with E-state index < -0.39 is 18.0 Å². The van der Waals surface area contributed by atoms with Gasteiger partial charge in [-0.15, -0.1) is 0 Å². The van der Waals surface area contributed by atoms with Crippen LogP contribution in [0.5, 0.6) is 5.75 Å². The zero-order valence-electron chi connectivity index (χ0n) is 13.1. The molecular formula is C18H17FN2O3. The molecule has 0 radical (unpaired) electrons. The molecule has 1 aliphatic rings. The van der Waals surface area contributed by atoms with E-state index in [4.69, 9.17) is 4.74 Å². The first-order valence-corrected chi connectivity index (χ1v) is 7.44. The van der Waals surface area contributed by atoms with Gasteiger partial charge in [0, 0.05) is 17.8 Å². The van der Waals surface area contributed by atoms with Crippen LogP contribution in [0.4, 0.5) is 4.39 Å². The monoisotopic (exact) mass is 328 g/mol. The quantitative estimate of drug-likeness (QED) is 0.826. The zero-order chi connectivity index (χ0) is 16.9. The van der Waals surface area contributed by atoms with Gasteiger partial charge in [-0.3, -0.25) is 0 Å². The Morgan fingerprint density at radius 3 is 2.71 bits per heavy atom. The lowest BCUT2D eigenvalue weighted by molar-refractivity contribution is -0.136. The van der Waals surface area contributed by atoms with E-state index in [1.165, 1.54) is 19.4 Å². The Hall–Kier alpha value is -3.02. The summed E-state index contributed by atoms with van der Waals surface area (Å²) in [5.41, 5.74) is 1.65. The third-order valence-electron chi connectivity index (χ3n) is 3.63. The molecule has 1 unspecified atom stereocenters. The average molecular weight is 328 g/mol. The fourth-order valence-electron chi connectivity index (χ4n) is 2.37. The second kappa shape index (κ2) is 7.04. The van der Waals surface area contributed by atoms with E-state index >= 15 is 0 Å². The maximum Gasteiger partial charge on any atom is 0.355 e. The van der Waals surface area contributed by atoms with Crippen molar-refractivity contribution < 1.29 is 18.7 Å². The van der Waals surface area contributed by atoms with Gasteiger partial charge in [-0.1, -0.05) is 30.3 Å². The molecule has 0 saturated carbocycles. The molecule has 0 aromatic heterocycles. The molecule has 124 valence electrons. The van der Waals surface area contributed by atoms with Crippen LogP contribution in [0, 0.1) is 5.82 Å². The van der Waals surface area contributed by atoms with Gasteiger partial charge in [-0.05, 0) is 17.7 Å². The predicted octanol–water partition coefficient (Wildman–Crippen LogP) is 2.61. The molecule has 0 amide bonds. The molecule has 2 aromatic rings. The van der Waals surface area contributed by atoms with Gasteiger partial charge in [-0.2, -0.15) is 0 Å². The third kappa shape index (κ3) is 3.48. The summed E-state index contributed by atoms with van der Waals surface area (Å²) in [7, 11) is 1.29. The van der Waals surface area contributed by atoms with Crippen LogP contribution in [0.2, 0.25) is 0 Å². The highest BCUT2D eigenvalue weighted by Crippen LogP contribution is 2.24. The first-order chi connectivity index (χ1) is 11.7. The van der Waals surface area contributed by atoms with Crippen LogP contribution in [-0.2, 0) is 16.1 Å². The highest BCUT2D eigenvalue weighted by Gasteiger charge is 2.24. The van der Waals surface area contributed by atoms with Crippen molar-refractivity contribution >= 4 is 5.97 Å². The topological polar surface area (TPSA) is 59.6 Å². The van der Waals surface area contributed by atoms with E-state index in [0.29, 0.717) is 17.9 Å². The van der Waals surface area contributed by atoms with Gasteiger partial charge in [0.1, 0.15) is 30.0 Å². The molecule has 0 spiro atoms. The average Bonchev–Trinajstić information content (AvgIpc) is 3.10. The van der Waals surface area contributed by atoms with Crippen molar-refractivity contribution in [3.8, 4) is 5.75 Å². The van der Waals surface area contributed by atoms with E-state index in [1.54, 1.807) is 12.1 Å². The summed E-state index contributed by atoms with van der Waals surface area (Å²) in [5, 5.41) is 5.77. The Bertz CT molecular complexity index is 762. The van der Waals surface area contributed by atoms with E-state index in [9.17, 15) is 9.18 Å². The Morgan fingerprint density at radius 1 is 1.21 bits per heavy atom. The lowest BCUT2D eigenvalue weighted by Crippen LogP contribution is -2.26. The highest BCUT2D eigenvalue weighted by molar-refractivity contribution is 5.88. The van der Waals surface area contributed by atoms with E-state index in [1.807, 2.05) is 30.3 Å². The predicted molar refractivity (Wildman–Crippen MR) is 86.3 cm³/mol. The standard InChI is InChI=1S/C18H17FN2O3/c1-23-18(22)16-10-20-17(21-16)14-8-7-13(9-15(14)19)24-11-12-5-3-2-4-6-12/h2-10,17,20-21H,11H2,1H3. The number of rotatable bonds is 5. The minimum atomic E-state index is -0.526. The van der Waals surface area contributed by atoms with Crippen LogP contribution in [0.15, 0.2) is 60.4 Å². The molecule has 3 rings (SSSR count). The number of ether oxygens (including phenoxy) is 2. The molecule has 0 saturated heterocycles. The Kier molecular flexibility index (Phi) is 4.65. The van der Waals surface area contributed by atoms with Crippen molar-refractivity contribution in [1.29, 1.82) is 0 Å². The van der Waals surface area contributed by atoms with Crippen molar-refractivity contribution in [2.75, 3.05) is 7.11 Å². The summed E-state index contributed by atoms with van der Waals surface area (Å²) in [6, 6.07) is 14.3. The third-order valence-corrected chi connectivity index (χ3v) is 3.63. The first-order valence-electron chi connectivity index (χ1n) is 7.44. The number of esters is 1. The molecule has 24 heavy (non-hydrogen) atoms. The summed E-state index contributed by atoms with van der Waals surface area (Å²) < 4.78 is 24.6. The Balaban J connectivity index is 1.64. The number of carbonyl (C=O) groups is 1. The number of methoxy groups -OCH3 is 1. The number of carbonyl (C=O) groups excluding carboxylic acids is 1. The molecule has 0 bridgehead atoms. The van der Waals surface area contributed by atoms with Crippen molar-refractivity contribution in [1.82, 2.24) is 10.6 Å². The van der Waals surface area contributed by atoms with Gasteiger partial charge in [0.2, 0.25) is 0 Å². The Morgan fingerprint density at radius 2 is 2.00 bits per heavy atom. The van der Waals surface area contributed by atoms with Gasteiger partial charge in [-0.25, -0.2) is 9.18 Å². The fourth-order valence-corrected chi connectivity index (χ4v) is 2.37. The van der Waals surface area contributed by atoms with Gasteiger partial charge < -0.3 is 20.1 Å². The normalized spacial score (nSPS) is 15.9. The SMILES string of the molecule is COC(=O)C1=CNC(c2ccc(OCc3ccccc3)cc2F)N1. The molecule has 1 heterocycles. The van der Waals surface area contributed by atoms with Crippen molar-refractivity contribution in [3.05, 3.63) is 77.4 Å². The van der Waals surface area contributed by atoms with Crippen molar-refractivity contribution in [2.24, 2.45) is 0 Å². The summed E-state index contributed by atoms with van der Waals surface area (Å²) in [6.07, 6.45) is 0.942. The molecule has 1 aliphatic heterocycles. The van der Waals surface area contributed by atoms with Gasteiger partial charge in [0.25, 0.3) is 0 Å². The maximum atomic E-state index is 14.3. The summed E-state index contributed by atoms with van der Waals surface area (Å²) >= 11 is 0.